The van der Waals surface area contributed by atoms with Crippen molar-refractivity contribution in [3.8, 4) is 0 Å². The first-order valence-electron chi connectivity index (χ1n) is 7.90. The van der Waals surface area contributed by atoms with Gasteiger partial charge in [-0.05, 0) is 34.5 Å². The zero-order valence-electron chi connectivity index (χ0n) is 13.5. The van der Waals surface area contributed by atoms with Crippen LogP contribution in [0.1, 0.15) is 23.0 Å². The molecule has 0 aromatic carbocycles. The SMILES string of the molecule is CCc1ccnc(C(=O)N2CCN(C(=O)Cn3cnnn3)CC2)c1. The summed E-state index contributed by atoms with van der Waals surface area (Å²) < 4.78 is 1.39. The fourth-order valence-electron chi connectivity index (χ4n) is 2.62. The Hall–Kier alpha value is -2.84. The molecule has 2 aromatic rings. The Morgan fingerprint density at radius 2 is 1.92 bits per heavy atom. The molecule has 0 atom stereocenters. The van der Waals surface area contributed by atoms with Gasteiger partial charge in [0.05, 0.1) is 0 Å². The fraction of sp³-hybridized carbons (Fsp3) is 0.467. The van der Waals surface area contributed by atoms with Crippen LogP contribution in [0.4, 0.5) is 0 Å². The molecule has 0 bridgehead atoms. The van der Waals surface area contributed by atoms with Crippen molar-refractivity contribution in [2.75, 3.05) is 26.2 Å². The van der Waals surface area contributed by atoms with E-state index >= 15 is 0 Å². The summed E-state index contributed by atoms with van der Waals surface area (Å²) in [6, 6.07) is 3.74. The Balaban J connectivity index is 1.56. The maximum absolute atomic E-state index is 12.5. The van der Waals surface area contributed by atoms with Gasteiger partial charge in [-0.2, -0.15) is 0 Å². The molecule has 126 valence electrons. The highest BCUT2D eigenvalue weighted by atomic mass is 16.2. The van der Waals surface area contributed by atoms with Crippen molar-refractivity contribution in [3.63, 3.8) is 0 Å². The summed E-state index contributed by atoms with van der Waals surface area (Å²) in [5.74, 6) is -0.140. The highest BCUT2D eigenvalue weighted by molar-refractivity contribution is 5.92. The lowest BCUT2D eigenvalue weighted by Gasteiger charge is -2.34. The molecule has 3 rings (SSSR count). The molecule has 0 saturated carbocycles. The number of carbonyl (C=O) groups excluding carboxylic acids is 2. The van der Waals surface area contributed by atoms with Crippen LogP contribution in [-0.4, -0.2) is 73.0 Å². The zero-order chi connectivity index (χ0) is 16.9. The summed E-state index contributed by atoms with van der Waals surface area (Å²) in [6.07, 6.45) is 3.93. The largest absolute Gasteiger partial charge is 0.338 e. The van der Waals surface area contributed by atoms with Crippen LogP contribution in [0.25, 0.3) is 0 Å². The lowest BCUT2D eigenvalue weighted by Crippen LogP contribution is -2.51. The predicted molar refractivity (Wildman–Crippen MR) is 83.9 cm³/mol. The highest BCUT2D eigenvalue weighted by Crippen LogP contribution is 2.10. The van der Waals surface area contributed by atoms with E-state index in [9.17, 15) is 9.59 Å². The maximum atomic E-state index is 12.5. The summed E-state index contributed by atoms with van der Waals surface area (Å²) in [4.78, 5) is 32.4. The van der Waals surface area contributed by atoms with E-state index < -0.39 is 0 Å². The molecular weight excluding hydrogens is 310 g/mol. The van der Waals surface area contributed by atoms with E-state index in [4.69, 9.17) is 0 Å². The van der Waals surface area contributed by atoms with Crippen molar-refractivity contribution in [1.82, 2.24) is 35.0 Å². The molecule has 3 heterocycles. The van der Waals surface area contributed by atoms with E-state index in [-0.39, 0.29) is 18.4 Å². The smallest absolute Gasteiger partial charge is 0.272 e. The summed E-state index contributed by atoms with van der Waals surface area (Å²) in [5, 5.41) is 10.7. The molecule has 1 aliphatic heterocycles. The number of pyridine rings is 1. The number of carbonyl (C=O) groups is 2. The van der Waals surface area contributed by atoms with Crippen LogP contribution < -0.4 is 0 Å². The molecule has 0 aliphatic carbocycles. The number of piperazine rings is 1. The summed E-state index contributed by atoms with van der Waals surface area (Å²) in [6.45, 7) is 4.15. The minimum atomic E-state index is -0.0853. The Kier molecular flexibility index (Phi) is 4.78. The van der Waals surface area contributed by atoms with Crippen molar-refractivity contribution < 1.29 is 9.59 Å². The van der Waals surface area contributed by atoms with Crippen LogP contribution in [-0.2, 0) is 17.8 Å². The van der Waals surface area contributed by atoms with Crippen molar-refractivity contribution in [1.29, 1.82) is 0 Å². The first-order valence-corrected chi connectivity index (χ1v) is 7.90. The van der Waals surface area contributed by atoms with Crippen LogP contribution >= 0.6 is 0 Å². The van der Waals surface area contributed by atoms with Crippen molar-refractivity contribution in [3.05, 3.63) is 35.9 Å². The van der Waals surface area contributed by atoms with Crippen molar-refractivity contribution in [2.24, 2.45) is 0 Å². The summed E-state index contributed by atoms with van der Waals surface area (Å²) in [5.41, 5.74) is 1.55. The van der Waals surface area contributed by atoms with Gasteiger partial charge in [0.2, 0.25) is 5.91 Å². The van der Waals surface area contributed by atoms with Gasteiger partial charge in [0, 0.05) is 32.4 Å². The Morgan fingerprint density at radius 1 is 1.17 bits per heavy atom. The van der Waals surface area contributed by atoms with Gasteiger partial charge in [-0.25, -0.2) is 4.68 Å². The quantitative estimate of drug-likeness (QED) is 0.758. The molecule has 24 heavy (non-hydrogen) atoms. The van der Waals surface area contributed by atoms with E-state index in [1.807, 2.05) is 19.1 Å². The number of rotatable bonds is 4. The second kappa shape index (κ2) is 7.16. The van der Waals surface area contributed by atoms with Gasteiger partial charge in [-0.3, -0.25) is 14.6 Å². The molecule has 0 spiro atoms. The van der Waals surface area contributed by atoms with E-state index in [1.54, 1.807) is 16.0 Å². The second-order valence-corrected chi connectivity index (χ2v) is 5.58. The standard InChI is InChI=1S/C15H19N7O2/c1-2-12-3-4-16-13(9-12)15(24)21-7-5-20(6-8-21)14(23)10-22-11-17-18-19-22/h3-4,9,11H,2,5-8,10H2,1H3. The third-order valence-corrected chi connectivity index (χ3v) is 4.06. The minimum Gasteiger partial charge on any atom is -0.338 e. The van der Waals surface area contributed by atoms with E-state index in [2.05, 4.69) is 20.5 Å². The van der Waals surface area contributed by atoms with Gasteiger partial charge >= 0.3 is 0 Å². The average molecular weight is 329 g/mol. The average Bonchev–Trinajstić information content (AvgIpc) is 3.14. The highest BCUT2D eigenvalue weighted by Gasteiger charge is 2.25. The van der Waals surface area contributed by atoms with Gasteiger partial charge in [0.25, 0.3) is 5.91 Å². The van der Waals surface area contributed by atoms with Gasteiger partial charge < -0.3 is 9.80 Å². The van der Waals surface area contributed by atoms with E-state index in [1.165, 1.54) is 11.0 Å². The zero-order valence-corrected chi connectivity index (χ0v) is 13.5. The molecule has 9 nitrogen and oxygen atoms in total. The lowest BCUT2D eigenvalue weighted by atomic mass is 10.1. The number of amides is 2. The minimum absolute atomic E-state index is 0.0551. The first-order chi connectivity index (χ1) is 11.7. The Morgan fingerprint density at radius 3 is 2.58 bits per heavy atom. The number of aromatic nitrogens is 5. The number of aryl methyl sites for hydroxylation is 1. The van der Waals surface area contributed by atoms with Crippen LogP contribution in [0.3, 0.4) is 0 Å². The Bertz CT molecular complexity index is 708. The van der Waals surface area contributed by atoms with E-state index in [0.29, 0.717) is 31.9 Å². The normalized spacial score (nSPS) is 14.7. The number of hydrogen-bond acceptors (Lipinski definition) is 6. The summed E-state index contributed by atoms with van der Waals surface area (Å²) in [7, 11) is 0. The first kappa shape index (κ1) is 16.0. The van der Waals surface area contributed by atoms with Gasteiger partial charge in [-0.1, -0.05) is 6.92 Å². The van der Waals surface area contributed by atoms with E-state index in [0.717, 1.165) is 12.0 Å². The fourth-order valence-corrected chi connectivity index (χ4v) is 2.62. The molecule has 1 aliphatic rings. The molecule has 0 radical (unpaired) electrons. The predicted octanol–water partition coefficient (Wildman–Crippen LogP) is -0.385. The second-order valence-electron chi connectivity index (χ2n) is 5.58. The van der Waals surface area contributed by atoms with Gasteiger partial charge in [0.15, 0.2) is 0 Å². The summed E-state index contributed by atoms with van der Waals surface area (Å²) >= 11 is 0. The van der Waals surface area contributed by atoms with Crippen molar-refractivity contribution >= 4 is 11.8 Å². The van der Waals surface area contributed by atoms with Gasteiger partial charge in [-0.15, -0.1) is 5.10 Å². The molecule has 0 N–H and O–H groups in total. The Labute approximate surface area is 139 Å². The van der Waals surface area contributed by atoms with Crippen LogP contribution in [0.5, 0.6) is 0 Å². The molecule has 1 fully saturated rings. The number of hydrogen-bond donors (Lipinski definition) is 0. The van der Waals surface area contributed by atoms with Gasteiger partial charge in [0.1, 0.15) is 18.6 Å². The van der Waals surface area contributed by atoms with Crippen molar-refractivity contribution in [2.45, 2.75) is 19.9 Å². The number of nitrogens with zero attached hydrogens (tertiary/aromatic N) is 7. The molecule has 0 unspecified atom stereocenters. The maximum Gasteiger partial charge on any atom is 0.272 e. The molecule has 9 heteroatoms. The topological polar surface area (TPSA) is 97.1 Å². The van der Waals surface area contributed by atoms with Crippen LogP contribution in [0, 0.1) is 0 Å². The third-order valence-electron chi connectivity index (χ3n) is 4.06. The molecular formula is C15H19N7O2. The van der Waals surface area contributed by atoms with Crippen LogP contribution in [0.2, 0.25) is 0 Å². The monoisotopic (exact) mass is 329 g/mol. The molecule has 1 saturated heterocycles. The molecule has 2 amide bonds. The lowest BCUT2D eigenvalue weighted by molar-refractivity contribution is -0.133. The van der Waals surface area contributed by atoms with Crippen LogP contribution in [0.15, 0.2) is 24.7 Å². The molecule has 2 aromatic heterocycles. The number of tetrazole rings is 1. The third kappa shape index (κ3) is 3.55.